The molecule has 1 N–H and O–H groups in total. The molecule has 0 aliphatic carbocycles. The van der Waals surface area contributed by atoms with Crippen molar-refractivity contribution < 1.29 is 28.7 Å². The Balaban J connectivity index is 2.30. The first-order valence-electron chi connectivity index (χ1n) is 7.39. The monoisotopic (exact) mass is 356 g/mol. The number of nitrogens with one attached hydrogen (secondary N) is 1. The molecule has 0 aromatic rings. The minimum Gasteiger partial charge on any atom is -0.461 e. The second-order valence-corrected chi connectivity index (χ2v) is 7.51. The van der Waals surface area contributed by atoms with Crippen LogP contribution in [0.15, 0.2) is 11.3 Å². The van der Waals surface area contributed by atoms with Crippen molar-refractivity contribution in [2.45, 2.75) is 44.7 Å². The number of hydrogen-bond acceptors (Lipinski definition) is 7. The maximum absolute atomic E-state index is 12.6. The lowest BCUT2D eigenvalue weighted by Gasteiger charge is -2.49. The standard InChI is InChI=1S/C15H20N2O6S/c1-8(19)22-5-9-6-24-13-10(16-7-18)12(20)17(13)11(9)14(21)23-15(2,3)4/h7,10,13H,5-6H2,1-4H3,(H,16,18)/t10-,13+/m0/s1. The highest BCUT2D eigenvalue weighted by molar-refractivity contribution is 8.00. The molecule has 0 aromatic heterocycles. The number of rotatable bonds is 5. The first kappa shape index (κ1) is 18.3. The van der Waals surface area contributed by atoms with Crippen molar-refractivity contribution in [3.05, 3.63) is 11.3 Å². The molecule has 2 aliphatic heterocycles. The second kappa shape index (κ2) is 6.84. The largest absolute Gasteiger partial charge is 0.461 e. The first-order chi connectivity index (χ1) is 11.2. The van der Waals surface area contributed by atoms with Gasteiger partial charge in [0.05, 0.1) is 0 Å². The van der Waals surface area contributed by atoms with Crippen molar-refractivity contribution in [1.29, 1.82) is 0 Å². The lowest BCUT2D eigenvalue weighted by atomic mass is 10.0. The van der Waals surface area contributed by atoms with Gasteiger partial charge in [-0.1, -0.05) is 0 Å². The normalized spacial score (nSPS) is 23.2. The van der Waals surface area contributed by atoms with Crippen molar-refractivity contribution in [2.24, 2.45) is 0 Å². The van der Waals surface area contributed by atoms with Gasteiger partial charge < -0.3 is 14.8 Å². The molecule has 0 aromatic carbocycles. The zero-order valence-electron chi connectivity index (χ0n) is 14.0. The molecule has 24 heavy (non-hydrogen) atoms. The van der Waals surface area contributed by atoms with Gasteiger partial charge >= 0.3 is 11.9 Å². The van der Waals surface area contributed by atoms with Gasteiger partial charge in [0.15, 0.2) is 0 Å². The maximum atomic E-state index is 12.6. The number of carbonyl (C=O) groups is 4. The number of β-lactam (4-membered cyclic amide) rings is 1. The molecule has 1 fully saturated rings. The van der Waals surface area contributed by atoms with E-state index in [2.05, 4.69) is 5.32 Å². The predicted molar refractivity (Wildman–Crippen MR) is 85.6 cm³/mol. The third-order valence-corrected chi connectivity index (χ3v) is 4.68. The van der Waals surface area contributed by atoms with Gasteiger partial charge in [-0.3, -0.25) is 19.3 Å². The van der Waals surface area contributed by atoms with Crippen molar-refractivity contribution >= 4 is 36.0 Å². The lowest BCUT2D eigenvalue weighted by Crippen LogP contribution is -2.69. The van der Waals surface area contributed by atoms with Crippen LogP contribution < -0.4 is 5.32 Å². The highest BCUT2D eigenvalue weighted by Gasteiger charge is 2.54. The van der Waals surface area contributed by atoms with Crippen LogP contribution in [0.1, 0.15) is 27.7 Å². The van der Waals surface area contributed by atoms with Crippen LogP contribution in [0.4, 0.5) is 0 Å². The molecule has 2 amide bonds. The predicted octanol–water partition coefficient (Wildman–Crippen LogP) is 0.175. The maximum Gasteiger partial charge on any atom is 0.355 e. The third kappa shape index (κ3) is 3.72. The molecule has 2 rings (SSSR count). The molecule has 1 saturated heterocycles. The molecule has 2 aliphatic rings. The number of hydrogen-bond donors (Lipinski definition) is 1. The number of nitrogens with zero attached hydrogens (tertiary/aromatic N) is 1. The fraction of sp³-hybridized carbons (Fsp3) is 0.600. The van der Waals surface area contributed by atoms with Crippen LogP contribution in [0.5, 0.6) is 0 Å². The number of thioether (sulfide) groups is 1. The Morgan fingerprint density at radius 1 is 1.42 bits per heavy atom. The summed E-state index contributed by atoms with van der Waals surface area (Å²) in [4.78, 5) is 47.8. The van der Waals surface area contributed by atoms with Crippen LogP contribution in [0.25, 0.3) is 0 Å². The van der Waals surface area contributed by atoms with Gasteiger partial charge in [-0.15, -0.1) is 11.8 Å². The van der Waals surface area contributed by atoms with Crippen molar-refractivity contribution in [2.75, 3.05) is 12.4 Å². The van der Waals surface area contributed by atoms with Crippen LogP contribution in [0.2, 0.25) is 0 Å². The molecule has 0 spiro atoms. The van der Waals surface area contributed by atoms with Crippen molar-refractivity contribution in [3.63, 3.8) is 0 Å². The van der Waals surface area contributed by atoms with Gasteiger partial charge in [-0.05, 0) is 20.8 Å². The summed E-state index contributed by atoms with van der Waals surface area (Å²) < 4.78 is 10.4. The Bertz CT molecular complexity index is 610. The summed E-state index contributed by atoms with van der Waals surface area (Å²) in [6.07, 6.45) is 0.464. The summed E-state index contributed by atoms with van der Waals surface area (Å²) in [6, 6.07) is -0.666. The van der Waals surface area contributed by atoms with Gasteiger partial charge in [0.2, 0.25) is 6.41 Å². The van der Waals surface area contributed by atoms with E-state index in [9.17, 15) is 19.2 Å². The topological polar surface area (TPSA) is 102 Å². The van der Waals surface area contributed by atoms with Gasteiger partial charge in [0.25, 0.3) is 5.91 Å². The van der Waals surface area contributed by atoms with Crippen molar-refractivity contribution in [3.8, 4) is 0 Å². The van der Waals surface area contributed by atoms with E-state index in [0.29, 0.717) is 17.7 Å². The third-order valence-electron chi connectivity index (χ3n) is 3.34. The minimum atomic E-state index is -0.731. The van der Waals surface area contributed by atoms with E-state index in [4.69, 9.17) is 9.47 Å². The Kier molecular flexibility index (Phi) is 5.22. The molecule has 0 bridgehead atoms. The van der Waals surface area contributed by atoms with Crippen molar-refractivity contribution in [1.82, 2.24) is 10.2 Å². The Morgan fingerprint density at radius 3 is 2.62 bits per heavy atom. The molecular formula is C15H20N2O6S. The van der Waals surface area contributed by atoms with E-state index in [1.165, 1.54) is 23.6 Å². The Morgan fingerprint density at radius 2 is 2.08 bits per heavy atom. The first-order valence-corrected chi connectivity index (χ1v) is 8.43. The SMILES string of the molecule is CC(=O)OCC1=C(C(=O)OC(C)(C)C)N2C(=O)[C@H](NC=O)[C@H]2SC1. The Labute approximate surface area is 143 Å². The van der Waals surface area contributed by atoms with E-state index in [1.807, 2.05) is 0 Å². The number of ether oxygens (including phenoxy) is 2. The van der Waals surface area contributed by atoms with Gasteiger partial charge in [0.1, 0.15) is 29.3 Å². The summed E-state index contributed by atoms with van der Waals surface area (Å²) in [7, 11) is 0. The molecule has 132 valence electrons. The lowest BCUT2D eigenvalue weighted by molar-refractivity contribution is -0.159. The molecule has 9 heteroatoms. The van der Waals surface area contributed by atoms with E-state index in [-0.39, 0.29) is 23.6 Å². The summed E-state index contributed by atoms with van der Waals surface area (Å²) in [5, 5.41) is 2.08. The van der Waals surface area contributed by atoms with Crippen LogP contribution >= 0.6 is 11.8 Å². The molecule has 8 nitrogen and oxygen atoms in total. The van der Waals surface area contributed by atoms with Gasteiger partial charge in [0, 0.05) is 18.2 Å². The summed E-state index contributed by atoms with van der Waals surface area (Å²) in [5.41, 5.74) is -0.118. The van der Waals surface area contributed by atoms with E-state index in [1.54, 1.807) is 20.8 Å². The fourth-order valence-electron chi connectivity index (χ4n) is 2.39. The average Bonchev–Trinajstić information content (AvgIpc) is 2.47. The smallest absolute Gasteiger partial charge is 0.355 e. The summed E-state index contributed by atoms with van der Waals surface area (Å²) in [6.45, 7) is 6.35. The molecule has 0 radical (unpaired) electrons. The number of amides is 2. The second-order valence-electron chi connectivity index (χ2n) is 6.41. The zero-order valence-corrected chi connectivity index (χ0v) is 14.8. The van der Waals surface area contributed by atoms with E-state index >= 15 is 0 Å². The molecule has 0 saturated carbocycles. The summed E-state index contributed by atoms with van der Waals surface area (Å²) >= 11 is 1.39. The fourth-order valence-corrected chi connectivity index (χ4v) is 3.73. The molecule has 2 atom stereocenters. The van der Waals surface area contributed by atoms with Crippen LogP contribution in [-0.4, -0.2) is 58.5 Å². The molecule has 0 unspecified atom stereocenters. The van der Waals surface area contributed by atoms with Crippen LogP contribution in [-0.2, 0) is 28.7 Å². The minimum absolute atomic E-state index is 0.0841. The number of carbonyl (C=O) groups excluding carboxylic acids is 4. The van der Waals surface area contributed by atoms with Gasteiger partial charge in [-0.2, -0.15) is 0 Å². The molecule has 2 heterocycles. The zero-order chi connectivity index (χ0) is 18.1. The van der Waals surface area contributed by atoms with Crippen LogP contribution in [0, 0.1) is 0 Å². The number of esters is 2. The average molecular weight is 356 g/mol. The quantitative estimate of drug-likeness (QED) is 0.426. The summed E-state index contributed by atoms with van der Waals surface area (Å²) in [5.74, 6) is -1.12. The van der Waals surface area contributed by atoms with E-state index < -0.39 is 23.6 Å². The molecular weight excluding hydrogens is 336 g/mol. The highest BCUT2D eigenvalue weighted by atomic mass is 32.2. The Hall–Kier alpha value is -2.03. The van der Waals surface area contributed by atoms with Gasteiger partial charge in [-0.25, -0.2) is 4.79 Å². The van der Waals surface area contributed by atoms with E-state index in [0.717, 1.165) is 0 Å². The van der Waals surface area contributed by atoms with Crippen LogP contribution in [0.3, 0.4) is 0 Å². The number of fused-ring (bicyclic) bond motifs is 1. The highest BCUT2D eigenvalue weighted by Crippen LogP contribution is 2.40.